The van der Waals surface area contributed by atoms with Gasteiger partial charge in [-0.1, -0.05) is 31.2 Å². The van der Waals surface area contributed by atoms with E-state index in [1.807, 2.05) is 32.0 Å². The Labute approximate surface area is 194 Å². The highest BCUT2D eigenvalue weighted by atomic mass is 32.2. The third kappa shape index (κ3) is 6.87. The minimum atomic E-state index is -3.76. The number of sulfonamides is 1. The van der Waals surface area contributed by atoms with Crippen molar-refractivity contribution in [2.24, 2.45) is 0 Å². The van der Waals surface area contributed by atoms with E-state index < -0.39 is 33.9 Å². The highest BCUT2D eigenvalue weighted by Gasteiger charge is 2.23. The fourth-order valence-electron chi connectivity index (χ4n) is 3.05. The maximum atomic E-state index is 12.6. The molecule has 0 fully saturated rings. The Morgan fingerprint density at radius 3 is 2.24 bits per heavy atom. The molecule has 0 saturated heterocycles. The summed E-state index contributed by atoms with van der Waals surface area (Å²) >= 11 is 0. The third-order valence-electron chi connectivity index (χ3n) is 4.90. The number of benzene rings is 2. The van der Waals surface area contributed by atoms with Crippen molar-refractivity contribution in [3.63, 3.8) is 0 Å². The Bertz CT molecular complexity index is 1140. The molecular weight excluding hydrogens is 446 g/mol. The SMILES string of the molecule is CCNS(=O)(=O)c1ccc(C)c(C(=O)OC(C)C(=O)NCC(=O)Nc2c(C)cccc2C)c1. The Morgan fingerprint density at radius 1 is 1.00 bits per heavy atom. The van der Waals surface area contributed by atoms with Crippen LogP contribution in [0, 0.1) is 20.8 Å². The van der Waals surface area contributed by atoms with Crippen LogP contribution >= 0.6 is 0 Å². The van der Waals surface area contributed by atoms with Crippen molar-refractivity contribution >= 4 is 33.5 Å². The molecule has 0 aliphatic carbocycles. The van der Waals surface area contributed by atoms with Crippen LogP contribution in [0.4, 0.5) is 5.69 Å². The average Bonchev–Trinajstić information content (AvgIpc) is 2.74. The molecule has 1 atom stereocenters. The van der Waals surface area contributed by atoms with Crippen LogP contribution in [0.1, 0.15) is 40.9 Å². The predicted octanol–water partition coefficient (Wildman–Crippen LogP) is 2.21. The largest absolute Gasteiger partial charge is 0.449 e. The van der Waals surface area contributed by atoms with Crippen LogP contribution in [0.2, 0.25) is 0 Å². The molecule has 0 radical (unpaired) electrons. The smallest absolute Gasteiger partial charge is 0.339 e. The summed E-state index contributed by atoms with van der Waals surface area (Å²) in [6.45, 7) is 8.26. The summed E-state index contributed by atoms with van der Waals surface area (Å²) in [7, 11) is -3.76. The maximum Gasteiger partial charge on any atom is 0.339 e. The first-order chi connectivity index (χ1) is 15.5. The summed E-state index contributed by atoms with van der Waals surface area (Å²) in [6, 6.07) is 9.69. The normalized spacial score (nSPS) is 12.0. The molecule has 0 saturated carbocycles. The van der Waals surface area contributed by atoms with Gasteiger partial charge < -0.3 is 15.4 Å². The first-order valence-electron chi connectivity index (χ1n) is 10.4. The number of rotatable bonds is 9. The zero-order valence-corrected chi connectivity index (χ0v) is 20.1. The second-order valence-corrected chi connectivity index (χ2v) is 9.33. The zero-order chi connectivity index (χ0) is 24.8. The van der Waals surface area contributed by atoms with Gasteiger partial charge in [-0.15, -0.1) is 0 Å². The summed E-state index contributed by atoms with van der Waals surface area (Å²) in [6.07, 6.45) is -1.20. The van der Waals surface area contributed by atoms with E-state index >= 15 is 0 Å². The molecule has 2 amide bonds. The molecule has 33 heavy (non-hydrogen) atoms. The van der Waals surface area contributed by atoms with Gasteiger partial charge in [-0.2, -0.15) is 0 Å². The van der Waals surface area contributed by atoms with Crippen molar-refractivity contribution in [1.29, 1.82) is 0 Å². The van der Waals surface area contributed by atoms with Crippen LogP contribution in [-0.4, -0.2) is 45.4 Å². The molecule has 2 rings (SSSR count). The Hall–Kier alpha value is -3.24. The number of anilines is 1. The number of carbonyl (C=O) groups is 3. The molecule has 1 unspecified atom stereocenters. The van der Waals surface area contributed by atoms with Gasteiger partial charge >= 0.3 is 5.97 Å². The number of ether oxygens (including phenoxy) is 1. The van der Waals surface area contributed by atoms with E-state index in [1.165, 1.54) is 25.1 Å². The second kappa shape index (κ2) is 11.1. The summed E-state index contributed by atoms with van der Waals surface area (Å²) in [4.78, 5) is 37.0. The summed E-state index contributed by atoms with van der Waals surface area (Å²) in [5, 5.41) is 5.18. The van der Waals surface area contributed by atoms with Crippen LogP contribution in [-0.2, 0) is 24.3 Å². The van der Waals surface area contributed by atoms with Gasteiger partial charge in [-0.25, -0.2) is 17.9 Å². The number of carbonyl (C=O) groups excluding carboxylic acids is 3. The topological polar surface area (TPSA) is 131 Å². The molecule has 10 heteroatoms. The van der Waals surface area contributed by atoms with Gasteiger partial charge in [0.25, 0.3) is 5.91 Å². The lowest BCUT2D eigenvalue weighted by Gasteiger charge is -2.16. The van der Waals surface area contributed by atoms with E-state index in [-0.39, 0.29) is 23.5 Å². The second-order valence-electron chi connectivity index (χ2n) is 7.56. The van der Waals surface area contributed by atoms with Gasteiger partial charge in [0, 0.05) is 12.2 Å². The van der Waals surface area contributed by atoms with Crippen LogP contribution in [0.15, 0.2) is 41.3 Å². The van der Waals surface area contributed by atoms with Crippen LogP contribution in [0.3, 0.4) is 0 Å². The van der Waals surface area contributed by atoms with Gasteiger partial charge in [-0.05, 0) is 56.5 Å². The number of hydrogen-bond acceptors (Lipinski definition) is 6. The number of nitrogens with one attached hydrogen (secondary N) is 3. The monoisotopic (exact) mass is 475 g/mol. The van der Waals surface area contributed by atoms with Gasteiger partial charge in [0.15, 0.2) is 6.10 Å². The van der Waals surface area contributed by atoms with Crippen LogP contribution < -0.4 is 15.4 Å². The van der Waals surface area contributed by atoms with E-state index in [1.54, 1.807) is 13.8 Å². The summed E-state index contributed by atoms with van der Waals surface area (Å²) in [5.74, 6) is -1.92. The van der Waals surface area contributed by atoms with Crippen molar-refractivity contribution in [2.75, 3.05) is 18.4 Å². The Morgan fingerprint density at radius 2 is 1.64 bits per heavy atom. The van der Waals surface area contributed by atoms with Gasteiger partial charge in [0.2, 0.25) is 15.9 Å². The fourth-order valence-corrected chi connectivity index (χ4v) is 4.11. The standard InChI is InChI=1S/C23H29N3O6S/c1-6-25-33(30,31)18-11-10-14(2)19(12-18)23(29)32-17(5)22(28)24-13-20(27)26-21-15(3)8-7-9-16(21)4/h7-12,17,25H,6,13H2,1-5H3,(H,24,28)(H,26,27). The van der Waals surface area contributed by atoms with Crippen molar-refractivity contribution in [3.05, 3.63) is 58.7 Å². The molecule has 178 valence electrons. The molecular formula is C23H29N3O6S. The van der Waals surface area contributed by atoms with Crippen molar-refractivity contribution in [2.45, 2.75) is 45.6 Å². The Kier molecular flexibility index (Phi) is 8.72. The van der Waals surface area contributed by atoms with E-state index in [4.69, 9.17) is 4.74 Å². The van der Waals surface area contributed by atoms with Gasteiger partial charge in [-0.3, -0.25) is 9.59 Å². The molecule has 0 aliphatic rings. The fraction of sp³-hybridized carbons (Fsp3) is 0.348. The predicted molar refractivity (Wildman–Crippen MR) is 124 cm³/mol. The van der Waals surface area contributed by atoms with Crippen molar-refractivity contribution in [3.8, 4) is 0 Å². The lowest BCUT2D eigenvalue weighted by Crippen LogP contribution is -2.40. The van der Waals surface area contributed by atoms with E-state index in [0.29, 0.717) is 11.3 Å². The lowest BCUT2D eigenvalue weighted by molar-refractivity contribution is -0.130. The molecule has 0 bridgehead atoms. The van der Waals surface area contributed by atoms with Crippen molar-refractivity contribution in [1.82, 2.24) is 10.0 Å². The quantitative estimate of drug-likeness (QED) is 0.477. The number of aryl methyl sites for hydroxylation is 3. The summed E-state index contributed by atoms with van der Waals surface area (Å²) in [5.41, 5.74) is 2.99. The third-order valence-corrected chi connectivity index (χ3v) is 6.44. The minimum absolute atomic E-state index is 0.0291. The molecule has 0 spiro atoms. The van der Waals surface area contributed by atoms with Crippen LogP contribution in [0.5, 0.6) is 0 Å². The minimum Gasteiger partial charge on any atom is -0.449 e. The molecule has 3 N–H and O–H groups in total. The van der Waals surface area contributed by atoms with Crippen molar-refractivity contribution < 1.29 is 27.5 Å². The average molecular weight is 476 g/mol. The molecule has 2 aromatic carbocycles. The Balaban J connectivity index is 1.99. The molecule has 0 heterocycles. The number of amides is 2. The zero-order valence-electron chi connectivity index (χ0n) is 19.3. The van der Waals surface area contributed by atoms with Crippen LogP contribution in [0.25, 0.3) is 0 Å². The summed E-state index contributed by atoms with van der Waals surface area (Å²) < 4.78 is 32.0. The number of esters is 1. The number of para-hydroxylation sites is 1. The lowest BCUT2D eigenvalue weighted by atomic mass is 10.1. The van der Waals surface area contributed by atoms with E-state index in [2.05, 4.69) is 15.4 Å². The first kappa shape index (κ1) is 26.0. The molecule has 0 aromatic heterocycles. The first-order valence-corrected chi connectivity index (χ1v) is 11.9. The number of hydrogen-bond donors (Lipinski definition) is 3. The highest BCUT2D eigenvalue weighted by molar-refractivity contribution is 7.89. The van der Waals surface area contributed by atoms with E-state index in [0.717, 1.165) is 11.1 Å². The maximum absolute atomic E-state index is 12.6. The van der Waals surface area contributed by atoms with Gasteiger partial charge in [0.05, 0.1) is 17.0 Å². The molecule has 2 aromatic rings. The van der Waals surface area contributed by atoms with E-state index in [9.17, 15) is 22.8 Å². The highest BCUT2D eigenvalue weighted by Crippen LogP contribution is 2.19. The molecule has 9 nitrogen and oxygen atoms in total. The molecule has 0 aliphatic heterocycles. The van der Waals surface area contributed by atoms with Gasteiger partial charge in [0.1, 0.15) is 0 Å².